The first-order valence-electron chi connectivity index (χ1n) is 9.93. The van der Waals surface area contributed by atoms with Crippen LogP contribution in [0, 0.1) is 5.92 Å². The van der Waals surface area contributed by atoms with Crippen LogP contribution in [0.25, 0.3) is 0 Å². The summed E-state index contributed by atoms with van der Waals surface area (Å²) in [7, 11) is 1.78. The van der Waals surface area contributed by atoms with Crippen molar-refractivity contribution in [1.29, 1.82) is 0 Å². The molecule has 9 nitrogen and oxygen atoms in total. The van der Waals surface area contributed by atoms with Crippen LogP contribution in [0.4, 0.5) is 0 Å². The fourth-order valence-corrected chi connectivity index (χ4v) is 4.22. The zero-order valence-corrected chi connectivity index (χ0v) is 18.2. The summed E-state index contributed by atoms with van der Waals surface area (Å²) in [5.74, 6) is -1.48. The van der Waals surface area contributed by atoms with Crippen molar-refractivity contribution in [2.24, 2.45) is 11.7 Å². The number of rotatable bonds is 9. The van der Waals surface area contributed by atoms with Gasteiger partial charge in [-0.1, -0.05) is 26.0 Å². The molecule has 1 aliphatic rings. The highest BCUT2D eigenvalue weighted by Gasteiger charge is 2.36. The van der Waals surface area contributed by atoms with Gasteiger partial charge < -0.3 is 31.9 Å². The van der Waals surface area contributed by atoms with Crippen LogP contribution < -0.4 is 21.7 Å². The maximum atomic E-state index is 12.7. The second-order valence-electron chi connectivity index (χ2n) is 7.80. The number of likely N-dealkylation sites (N-methyl/N-ethyl adjacent to an activating group) is 1. The number of aliphatic hydroxyl groups is 2. The van der Waals surface area contributed by atoms with Gasteiger partial charge in [0.2, 0.25) is 11.8 Å². The number of thiophene rings is 1. The molecule has 0 saturated carbocycles. The topological polar surface area (TPSA) is 158 Å². The third kappa shape index (κ3) is 6.11. The second-order valence-corrected chi connectivity index (χ2v) is 8.84. The van der Waals surface area contributed by atoms with E-state index in [1.165, 1.54) is 17.4 Å². The maximum absolute atomic E-state index is 12.7. The summed E-state index contributed by atoms with van der Waals surface area (Å²) in [6.07, 6.45) is -0.875. The maximum Gasteiger partial charge on any atom is 0.279 e. The molecule has 10 heteroatoms. The average Bonchev–Trinajstić information content (AvgIpc) is 3.17. The Bertz CT molecular complexity index is 780. The number of aliphatic hydroxyl groups excluding tert-OH is 2. The van der Waals surface area contributed by atoms with Gasteiger partial charge in [-0.25, -0.2) is 0 Å². The second kappa shape index (κ2) is 10.7. The van der Waals surface area contributed by atoms with Crippen molar-refractivity contribution >= 4 is 29.1 Å². The van der Waals surface area contributed by atoms with Crippen LogP contribution in [0.15, 0.2) is 29.2 Å². The van der Waals surface area contributed by atoms with Crippen LogP contribution in [-0.4, -0.2) is 65.3 Å². The zero-order valence-electron chi connectivity index (χ0n) is 17.4. The molecule has 2 rings (SSSR count). The molecule has 1 aromatic heterocycles. The molecule has 30 heavy (non-hydrogen) atoms. The number of amides is 3. The predicted molar refractivity (Wildman–Crippen MR) is 112 cm³/mol. The Morgan fingerprint density at radius 2 is 2.03 bits per heavy atom. The van der Waals surface area contributed by atoms with Crippen molar-refractivity contribution in [3.8, 4) is 0 Å². The number of hydrogen-bond donors (Lipinski definition) is 6. The summed E-state index contributed by atoms with van der Waals surface area (Å²) in [5.41, 5.74) is 5.61. The first kappa shape index (κ1) is 24.0. The highest BCUT2D eigenvalue weighted by atomic mass is 32.1. The van der Waals surface area contributed by atoms with E-state index in [-0.39, 0.29) is 36.3 Å². The molecule has 166 valence electrons. The zero-order chi connectivity index (χ0) is 22.4. The Hall–Kier alpha value is -2.27. The molecule has 0 unspecified atom stereocenters. The molecular weight excluding hydrogens is 408 g/mol. The van der Waals surface area contributed by atoms with E-state index in [1.54, 1.807) is 12.4 Å². The summed E-state index contributed by atoms with van der Waals surface area (Å²) in [5, 5.41) is 29.4. The van der Waals surface area contributed by atoms with Gasteiger partial charge in [-0.3, -0.25) is 14.4 Å². The number of carbonyl (C=O) groups is 3. The fourth-order valence-electron chi connectivity index (χ4n) is 3.47. The Morgan fingerprint density at radius 3 is 2.57 bits per heavy atom. The van der Waals surface area contributed by atoms with E-state index in [9.17, 15) is 24.6 Å². The van der Waals surface area contributed by atoms with E-state index < -0.39 is 36.1 Å². The lowest BCUT2D eigenvalue weighted by Crippen LogP contribution is -2.90. The van der Waals surface area contributed by atoms with E-state index in [4.69, 9.17) is 5.73 Å². The molecule has 5 atom stereocenters. The van der Waals surface area contributed by atoms with Gasteiger partial charge in [-0.05, 0) is 11.4 Å². The third-order valence-electron chi connectivity index (χ3n) is 5.19. The van der Waals surface area contributed by atoms with Crippen molar-refractivity contribution in [3.63, 3.8) is 0 Å². The van der Waals surface area contributed by atoms with Crippen LogP contribution >= 0.6 is 11.3 Å². The minimum atomic E-state index is -1.24. The van der Waals surface area contributed by atoms with Crippen LogP contribution in [0.2, 0.25) is 0 Å². The van der Waals surface area contributed by atoms with E-state index in [2.05, 4.69) is 10.6 Å². The summed E-state index contributed by atoms with van der Waals surface area (Å²) in [4.78, 5) is 37.9. The first-order chi connectivity index (χ1) is 14.1. The predicted octanol–water partition coefficient (Wildman–Crippen LogP) is -1.98. The molecule has 0 radical (unpaired) electrons. The largest absolute Gasteiger partial charge is 0.390 e. The lowest BCUT2D eigenvalue weighted by molar-refractivity contribution is -0.656. The van der Waals surface area contributed by atoms with Gasteiger partial charge in [0.05, 0.1) is 19.2 Å². The summed E-state index contributed by atoms with van der Waals surface area (Å²) >= 11 is 1.45. The van der Waals surface area contributed by atoms with Gasteiger partial charge in [0.15, 0.2) is 6.04 Å². The number of nitrogens with one attached hydrogen (secondary N) is 2. The van der Waals surface area contributed by atoms with Crippen molar-refractivity contribution in [2.45, 2.75) is 57.0 Å². The van der Waals surface area contributed by atoms with Gasteiger partial charge in [0.25, 0.3) is 5.91 Å². The summed E-state index contributed by atoms with van der Waals surface area (Å²) in [6.45, 7) is 3.81. The molecule has 1 heterocycles. The Balaban J connectivity index is 2.13. The molecular formula is C20H31N4O5S+. The molecule has 0 fully saturated rings. The molecule has 1 aromatic rings. The molecule has 0 saturated heterocycles. The highest BCUT2D eigenvalue weighted by Crippen LogP contribution is 2.21. The van der Waals surface area contributed by atoms with Crippen LogP contribution in [0.5, 0.6) is 0 Å². The molecule has 0 bridgehead atoms. The number of quaternary nitrogens is 1. The van der Waals surface area contributed by atoms with Crippen LogP contribution in [0.3, 0.4) is 0 Å². The Labute approximate surface area is 179 Å². The van der Waals surface area contributed by atoms with E-state index in [0.717, 1.165) is 4.88 Å². The normalized spacial score (nSPS) is 23.4. The Morgan fingerprint density at radius 1 is 1.33 bits per heavy atom. The number of primary amides is 1. The smallest absolute Gasteiger partial charge is 0.279 e. The minimum Gasteiger partial charge on any atom is -0.390 e. The van der Waals surface area contributed by atoms with Gasteiger partial charge in [0, 0.05) is 29.2 Å². The van der Waals surface area contributed by atoms with Crippen molar-refractivity contribution in [3.05, 3.63) is 34.0 Å². The minimum absolute atomic E-state index is 0.0565. The van der Waals surface area contributed by atoms with E-state index >= 15 is 0 Å². The van der Waals surface area contributed by atoms with Gasteiger partial charge in [-0.2, -0.15) is 0 Å². The molecule has 1 aliphatic carbocycles. The molecule has 3 amide bonds. The number of nitrogens with two attached hydrogens (primary N) is 2. The third-order valence-corrected chi connectivity index (χ3v) is 6.09. The molecule has 0 spiro atoms. The molecule has 0 aromatic carbocycles. The van der Waals surface area contributed by atoms with Crippen LogP contribution in [-0.2, 0) is 20.8 Å². The monoisotopic (exact) mass is 439 g/mol. The average molecular weight is 440 g/mol. The summed E-state index contributed by atoms with van der Waals surface area (Å²) in [6, 6.07) is 1.48. The number of carbonyl (C=O) groups excluding carboxylic acids is 3. The van der Waals surface area contributed by atoms with E-state index in [0.29, 0.717) is 0 Å². The van der Waals surface area contributed by atoms with Crippen LogP contribution in [0.1, 0.15) is 25.1 Å². The van der Waals surface area contributed by atoms with Crippen molar-refractivity contribution in [1.82, 2.24) is 10.6 Å². The fraction of sp³-hybridized carbons (Fsp3) is 0.550. The SMILES string of the molecule is C[NH2+][C@H](C(=O)N[C@@H]1C=C(C(=O)N[C@@H](Cc2cccs2)C(N)=O)C[C@@H](O)[C@@H]1O)C(C)C. The van der Waals surface area contributed by atoms with Gasteiger partial charge >= 0.3 is 0 Å². The van der Waals surface area contributed by atoms with Gasteiger partial charge in [-0.15, -0.1) is 11.3 Å². The van der Waals surface area contributed by atoms with Gasteiger partial charge in [0.1, 0.15) is 12.1 Å². The standard InChI is InChI=1S/C20H30N4O5S/c1-10(2)16(22-3)20(29)23-13-7-11(8-15(25)17(13)26)19(28)24-14(18(21)27)9-12-5-4-6-30-12/h4-7,10,13-17,22,25-26H,8-9H2,1-3H3,(H2,21,27)(H,23,29)(H,24,28)/p+1/t13-,14+,15-,16+,17-/m1/s1. The Kier molecular flexibility index (Phi) is 8.54. The van der Waals surface area contributed by atoms with Crippen molar-refractivity contribution < 1.29 is 29.9 Å². The number of hydrogen-bond acceptors (Lipinski definition) is 6. The summed E-state index contributed by atoms with van der Waals surface area (Å²) < 4.78 is 0. The lowest BCUT2D eigenvalue weighted by Gasteiger charge is -2.32. The van der Waals surface area contributed by atoms with E-state index in [1.807, 2.05) is 31.4 Å². The quantitative estimate of drug-likeness (QED) is 0.263. The lowest BCUT2D eigenvalue weighted by atomic mass is 9.89. The first-order valence-corrected chi connectivity index (χ1v) is 10.8. The molecule has 0 aliphatic heterocycles. The van der Waals surface area contributed by atoms with Crippen molar-refractivity contribution in [2.75, 3.05) is 7.05 Å². The molecule has 8 N–H and O–H groups in total. The highest BCUT2D eigenvalue weighted by molar-refractivity contribution is 7.09.